The van der Waals surface area contributed by atoms with Gasteiger partial charge in [-0.1, -0.05) is 102 Å². The maximum atomic E-state index is 13.3. The number of hydrogen-bond acceptors (Lipinski definition) is 8. The lowest BCUT2D eigenvalue weighted by atomic mass is 10.0. The van der Waals surface area contributed by atoms with Crippen molar-refractivity contribution in [2.24, 2.45) is 17.3 Å². The Morgan fingerprint density at radius 3 is 1.74 bits per heavy atom. The minimum Gasteiger partial charge on any atom is -0.318 e. The molecule has 1 heterocycles. The molecule has 0 fully saturated rings. The molecule has 258 valence electrons. The fraction of sp³-hybridized carbons (Fsp3) is 0.581. The normalized spacial score (nSPS) is 13.2. The minimum absolute atomic E-state index is 0.156. The second kappa shape index (κ2) is 17.7. The smallest absolute Gasteiger partial charge is 0.276 e. The number of primary sulfonamides is 1. The third kappa shape index (κ3) is 11.2. The summed E-state index contributed by atoms with van der Waals surface area (Å²) < 4.78 is 78.7. The van der Waals surface area contributed by atoms with E-state index >= 15 is 0 Å². The average molecular weight is 716 g/mol. The van der Waals surface area contributed by atoms with E-state index in [2.05, 4.69) is 16.9 Å². The maximum Gasteiger partial charge on any atom is 0.276 e. The molecular formula is C31H49N5O6S4. The number of aryl methyl sites for hydroxylation is 1. The van der Waals surface area contributed by atoms with Crippen LogP contribution in [0.25, 0.3) is 10.2 Å². The Morgan fingerprint density at radius 2 is 1.22 bits per heavy atom. The molecule has 0 unspecified atom stereocenters. The molecule has 0 radical (unpaired) electrons. The summed E-state index contributed by atoms with van der Waals surface area (Å²) in [6.45, 7) is 2.69. The largest absolute Gasteiger partial charge is 0.318 e. The van der Waals surface area contributed by atoms with E-state index in [4.69, 9.17) is 5.14 Å². The summed E-state index contributed by atoms with van der Waals surface area (Å²) in [4.78, 5) is 2.20. The average Bonchev–Trinajstić information content (AvgIpc) is 3.34. The van der Waals surface area contributed by atoms with Crippen LogP contribution in [0.3, 0.4) is 0 Å². The molecule has 3 rings (SSSR count). The van der Waals surface area contributed by atoms with Crippen molar-refractivity contribution < 1.29 is 25.3 Å². The van der Waals surface area contributed by atoms with Gasteiger partial charge in [-0.3, -0.25) is 0 Å². The van der Waals surface area contributed by atoms with E-state index in [0.717, 1.165) is 48.2 Å². The molecule has 3 aromatic rings. The Hall–Kier alpha value is -2.30. The van der Waals surface area contributed by atoms with Gasteiger partial charge >= 0.3 is 0 Å². The number of nitrogens with two attached hydrogens (primary N) is 1. The number of nitrogens with zero attached hydrogens (tertiary/aromatic N) is 3. The van der Waals surface area contributed by atoms with E-state index in [0.29, 0.717) is 16.9 Å². The maximum absolute atomic E-state index is 13.3. The first-order chi connectivity index (χ1) is 21.8. The van der Waals surface area contributed by atoms with Crippen molar-refractivity contribution in [3.8, 4) is 0 Å². The third-order valence-electron chi connectivity index (χ3n) is 8.04. The molecule has 0 atom stereocenters. The van der Waals surface area contributed by atoms with Crippen LogP contribution in [0.5, 0.6) is 0 Å². The fourth-order valence-electron chi connectivity index (χ4n) is 5.16. The van der Waals surface area contributed by atoms with Gasteiger partial charge in [0, 0.05) is 20.6 Å². The van der Waals surface area contributed by atoms with Crippen molar-refractivity contribution >= 4 is 51.6 Å². The van der Waals surface area contributed by atoms with Gasteiger partial charge in [-0.25, -0.2) is 26.3 Å². The first-order valence-corrected chi connectivity index (χ1v) is 21.3. The number of benzene rings is 2. The Kier molecular flexibility index (Phi) is 14.7. The van der Waals surface area contributed by atoms with Gasteiger partial charge in [0.05, 0.1) is 24.9 Å². The Balaban J connectivity index is 1.50. The van der Waals surface area contributed by atoms with Crippen molar-refractivity contribution in [3.05, 3.63) is 47.3 Å². The summed E-state index contributed by atoms with van der Waals surface area (Å²) in [6.07, 6.45) is 17.4. The lowest BCUT2D eigenvalue weighted by Gasteiger charge is -2.17. The van der Waals surface area contributed by atoms with Crippen LogP contribution < -0.4 is 14.8 Å². The third-order valence-corrected chi connectivity index (χ3v) is 13.2. The van der Waals surface area contributed by atoms with Crippen molar-refractivity contribution in [2.75, 3.05) is 13.6 Å². The highest BCUT2D eigenvalue weighted by molar-refractivity contribution is 7.90. The van der Waals surface area contributed by atoms with Crippen molar-refractivity contribution in [3.63, 3.8) is 0 Å². The zero-order valence-electron chi connectivity index (χ0n) is 27.1. The molecule has 0 aliphatic heterocycles. The first kappa shape index (κ1) is 38.2. The van der Waals surface area contributed by atoms with Crippen LogP contribution in [0, 0.1) is 0 Å². The zero-order valence-corrected chi connectivity index (χ0v) is 30.4. The van der Waals surface area contributed by atoms with Gasteiger partial charge in [0.2, 0.25) is 24.8 Å². The lowest BCUT2D eigenvalue weighted by Crippen LogP contribution is -2.28. The van der Waals surface area contributed by atoms with Crippen LogP contribution in [-0.2, 0) is 37.1 Å². The number of unbranched alkanes of at least 4 members (excludes halogenated alkanes) is 13. The summed E-state index contributed by atoms with van der Waals surface area (Å²) in [5.74, 6) is 0. The van der Waals surface area contributed by atoms with Crippen LogP contribution in [0.2, 0.25) is 0 Å². The van der Waals surface area contributed by atoms with E-state index in [-0.39, 0.29) is 14.7 Å². The number of hydrogen-bond donors (Lipinski definition) is 2. The summed E-state index contributed by atoms with van der Waals surface area (Å²) in [5, 5.41) is 9.10. The predicted molar refractivity (Wildman–Crippen MR) is 185 cm³/mol. The minimum atomic E-state index is -4.10. The molecule has 1 aromatic heterocycles. The van der Waals surface area contributed by atoms with Gasteiger partial charge in [0.15, 0.2) is 0 Å². The number of aromatic nitrogens is 1. The van der Waals surface area contributed by atoms with Crippen LogP contribution in [-0.4, -0.2) is 47.7 Å². The SMILES string of the molecule is CCCCCCCCCCCCCCCCN(C)S(=O)(=O)c1ccc2sc(=NNS(=O)(=O)c3ccc(S(N)(=O)=O)cc3)n(C)c2c1. The van der Waals surface area contributed by atoms with Crippen molar-refractivity contribution in [1.29, 1.82) is 0 Å². The molecule has 0 saturated carbocycles. The van der Waals surface area contributed by atoms with Gasteiger partial charge in [0.1, 0.15) is 0 Å². The molecule has 11 nitrogen and oxygen atoms in total. The van der Waals surface area contributed by atoms with Crippen molar-refractivity contribution in [2.45, 2.75) is 112 Å². The van der Waals surface area contributed by atoms with Gasteiger partial charge in [-0.15, -0.1) is 5.10 Å². The van der Waals surface area contributed by atoms with Crippen molar-refractivity contribution in [1.82, 2.24) is 13.7 Å². The van der Waals surface area contributed by atoms with Crippen LogP contribution in [0.1, 0.15) is 96.8 Å². The Labute approximate surface area is 279 Å². The van der Waals surface area contributed by atoms with Crippen LogP contribution >= 0.6 is 11.3 Å². The molecular weight excluding hydrogens is 667 g/mol. The lowest BCUT2D eigenvalue weighted by molar-refractivity contribution is 0.447. The monoisotopic (exact) mass is 715 g/mol. The number of thiazole rings is 1. The molecule has 0 aliphatic rings. The van der Waals surface area contributed by atoms with E-state index in [1.54, 1.807) is 36.9 Å². The molecule has 2 aromatic carbocycles. The van der Waals surface area contributed by atoms with Crippen LogP contribution in [0.15, 0.2) is 62.3 Å². The quantitative estimate of drug-likeness (QED) is 0.105. The van der Waals surface area contributed by atoms with E-state index in [9.17, 15) is 25.3 Å². The number of sulfonamides is 3. The van der Waals surface area contributed by atoms with Gasteiger partial charge < -0.3 is 4.57 Å². The Morgan fingerprint density at radius 1 is 0.739 bits per heavy atom. The Bertz CT molecular complexity index is 1800. The molecule has 46 heavy (non-hydrogen) atoms. The summed E-state index contributed by atoms with van der Waals surface area (Å²) in [7, 11) is -8.51. The van der Waals surface area contributed by atoms with E-state index < -0.39 is 30.1 Å². The van der Waals surface area contributed by atoms with Gasteiger partial charge in [-0.05, 0) is 48.9 Å². The molecule has 0 saturated heterocycles. The van der Waals surface area contributed by atoms with Crippen LogP contribution in [0.4, 0.5) is 0 Å². The number of rotatable bonds is 21. The second-order valence-corrected chi connectivity index (χ2v) is 18.0. The fourth-order valence-corrected chi connectivity index (χ4v) is 8.73. The zero-order chi connectivity index (χ0) is 33.8. The number of fused-ring (bicyclic) bond motifs is 1. The molecule has 0 amide bonds. The molecule has 0 aliphatic carbocycles. The highest BCUT2D eigenvalue weighted by atomic mass is 32.2. The van der Waals surface area contributed by atoms with Gasteiger partial charge in [-0.2, -0.15) is 13.2 Å². The first-order valence-electron chi connectivity index (χ1n) is 16.0. The second-order valence-electron chi connectivity index (χ2n) is 11.7. The summed E-state index contributed by atoms with van der Waals surface area (Å²) in [6, 6.07) is 9.25. The van der Waals surface area contributed by atoms with Gasteiger partial charge in [0.25, 0.3) is 10.0 Å². The highest BCUT2D eigenvalue weighted by Gasteiger charge is 2.22. The molecule has 15 heteroatoms. The summed E-state index contributed by atoms with van der Waals surface area (Å²) >= 11 is 1.19. The molecule has 3 N–H and O–H groups in total. The standard InChI is InChI=1S/C31H49N5O6S4/c1-4-5-6-7-8-9-10-11-12-13-14-15-16-17-24-35(2)46(41,42)28-22-23-30-29(25-28)36(3)31(43-30)33-34-45(39,40)27-20-18-26(19-21-27)44(32,37)38/h18-23,25,34H,4-17,24H2,1-3H3,(H2,32,37,38). The predicted octanol–water partition coefficient (Wildman–Crippen LogP) is 5.78. The van der Waals surface area contributed by atoms with E-state index in [1.807, 2.05) is 0 Å². The molecule has 0 bridgehead atoms. The topological polar surface area (TPSA) is 161 Å². The number of nitrogens with one attached hydrogen (secondary N) is 1. The highest BCUT2D eigenvalue weighted by Crippen LogP contribution is 2.23. The summed E-state index contributed by atoms with van der Waals surface area (Å²) in [5.41, 5.74) is 0.589. The van der Waals surface area contributed by atoms with E-state index in [1.165, 1.54) is 86.3 Å². The molecule has 0 spiro atoms.